The van der Waals surface area contributed by atoms with Crippen molar-refractivity contribution in [2.24, 2.45) is 0 Å². The number of amides is 1. The van der Waals surface area contributed by atoms with Crippen LogP contribution in [-0.4, -0.2) is 12.5 Å². The average molecular weight is 320 g/mol. The van der Waals surface area contributed by atoms with E-state index < -0.39 is 5.82 Å². The highest BCUT2D eigenvalue weighted by Crippen LogP contribution is 2.26. The average Bonchev–Trinajstić information content (AvgIpc) is 2.94. The molecule has 114 valence electrons. The zero-order valence-corrected chi connectivity index (χ0v) is 12.6. The van der Waals surface area contributed by atoms with E-state index in [-0.39, 0.29) is 23.3 Å². The molecule has 1 aliphatic carbocycles. The van der Waals surface area contributed by atoms with Crippen molar-refractivity contribution in [3.63, 3.8) is 0 Å². The molecule has 3 rings (SSSR count). The second-order valence-corrected chi connectivity index (χ2v) is 5.66. The lowest BCUT2D eigenvalue weighted by Crippen LogP contribution is -2.20. The summed E-state index contributed by atoms with van der Waals surface area (Å²) in [6, 6.07) is 9.74. The van der Waals surface area contributed by atoms with Gasteiger partial charge in [0.1, 0.15) is 11.6 Å². The molecule has 0 atom stereocenters. The number of rotatable bonds is 4. The van der Waals surface area contributed by atoms with Crippen LogP contribution in [0.4, 0.5) is 10.1 Å². The minimum absolute atomic E-state index is 0.144. The fourth-order valence-corrected chi connectivity index (χ4v) is 2.80. The fourth-order valence-electron chi connectivity index (χ4n) is 2.58. The van der Waals surface area contributed by atoms with Gasteiger partial charge in [-0.05, 0) is 60.7 Å². The molecule has 0 saturated carbocycles. The molecule has 0 spiro atoms. The molecule has 2 aromatic rings. The molecule has 0 fully saturated rings. The van der Waals surface area contributed by atoms with Gasteiger partial charge in [-0.2, -0.15) is 0 Å². The zero-order chi connectivity index (χ0) is 15.5. The summed E-state index contributed by atoms with van der Waals surface area (Å²) >= 11 is 5.84. The van der Waals surface area contributed by atoms with Crippen molar-refractivity contribution in [1.82, 2.24) is 0 Å². The number of anilines is 1. The van der Waals surface area contributed by atoms with Crippen LogP contribution in [0.25, 0.3) is 0 Å². The molecule has 0 unspecified atom stereocenters. The van der Waals surface area contributed by atoms with Gasteiger partial charge in [-0.3, -0.25) is 4.79 Å². The van der Waals surface area contributed by atoms with Crippen molar-refractivity contribution in [2.75, 3.05) is 11.9 Å². The van der Waals surface area contributed by atoms with E-state index in [2.05, 4.69) is 11.4 Å². The van der Waals surface area contributed by atoms with Crippen LogP contribution in [-0.2, 0) is 17.6 Å². The Morgan fingerprint density at radius 1 is 1.18 bits per heavy atom. The molecule has 5 heteroatoms. The number of hydrogen-bond acceptors (Lipinski definition) is 2. The monoisotopic (exact) mass is 319 g/mol. The third-order valence-corrected chi connectivity index (χ3v) is 3.93. The van der Waals surface area contributed by atoms with E-state index >= 15 is 0 Å². The van der Waals surface area contributed by atoms with E-state index in [1.54, 1.807) is 0 Å². The number of fused-ring (bicyclic) bond motifs is 1. The van der Waals surface area contributed by atoms with Crippen LogP contribution in [0.1, 0.15) is 17.5 Å². The standard InChI is InChI=1S/C17H15ClFNO2/c18-15-9-13(19)5-7-16(15)22-10-17(21)20-14-6-4-11-2-1-3-12(11)8-14/h4-9H,1-3,10H2,(H,20,21). The van der Waals surface area contributed by atoms with Gasteiger partial charge in [0.05, 0.1) is 5.02 Å². The molecule has 0 bridgehead atoms. The van der Waals surface area contributed by atoms with Crippen LogP contribution in [0.3, 0.4) is 0 Å². The van der Waals surface area contributed by atoms with Gasteiger partial charge in [-0.15, -0.1) is 0 Å². The molecule has 0 heterocycles. The Kier molecular flexibility index (Phi) is 4.29. The predicted octanol–water partition coefficient (Wildman–Crippen LogP) is 3.99. The highest BCUT2D eigenvalue weighted by Gasteiger charge is 2.12. The summed E-state index contributed by atoms with van der Waals surface area (Å²) in [6.45, 7) is -0.178. The third-order valence-electron chi connectivity index (χ3n) is 3.63. The second-order valence-electron chi connectivity index (χ2n) is 5.25. The Hall–Kier alpha value is -2.07. The van der Waals surface area contributed by atoms with Gasteiger partial charge in [0.25, 0.3) is 5.91 Å². The summed E-state index contributed by atoms with van der Waals surface area (Å²) in [5.41, 5.74) is 3.41. The summed E-state index contributed by atoms with van der Waals surface area (Å²) in [5, 5.41) is 2.94. The van der Waals surface area contributed by atoms with E-state index in [4.69, 9.17) is 16.3 Å². The van der Waals surface area contributed by atoms with Crippen molar-refractivity contribution in [3.8, 4) is 5.75 Å². The molecule has 0 saturated heterocycles. The maximum Gasteiger partial charge on any atom is 0.262 e. The molecule has 3 nitrogen and oxygen atoms in total. The van der Waals surface area contributed by atoms with Crippen molar-refractivity contribution < 1.29 is 13.9 Å². The first-order valence-electron chi connectivity index (χ1n) is 7.11. The number of ether oxygens (including phenoxy) is 1. The first-order chi connectivity index (χ1) is 10.6. The maximum atomic E-state index is 12.9. The number of carbonyl (C=O) groups is 1. The SMILES string of the molecule is O=C(COc1ccc(F)cc1Cl)Nc1ccc2c(c1)CCC2. The summed E-state index contributed by atoms with van der Waals surface area (Å²) in [5.74, 6) is -0.439. The lowest BCUT2D eigenvalue weighted by Gasteiger charge is -2.10. The summed E-state index contributed by atoms with van der Waals surface area (Å²) in [4.78, 5) is 11.9. The summed E-state index contributed by atoms with van der Waals surface area (Å²) in [6.07, 6.45) is 3.33. The molecular formula is C17H15ClFNO2. The van der Waals surface area contributed by atoms with Crippen LogP contribution in [0.5, 0.6) is 5.75 Å². The highest BCUT2D eigenvalue weighted by atomic mass is 35.5. The van der Waals surface area contributed by atoms with E-state index in [9.17, 15) is 9.18 Å². The quantitative estimate of drug-likeness (QED) is 0.925. The normalized spacial score (nSPS) is 12.8. The van der Waals surface area contributed by atoms with Crippen LogP contribution in [0.15, 0.2) is 36.4 Å². The lowest BCUT2D eigenvalue weighted by atomic mass is 10.1. The number of benzene rings is 2. The maximum absolute atomic E-state index is 12.9. The smallest absolute Gasteiger partial charge is 0.262 e. The van der Waals surface area contributed by atoms with Crippen LogP contribution < -0.4 is 10.1 Å². The topological polar surface area (TPSA) is 38.3 Å². The highest BCUT2D eigenvalue weighted by molar-refractivity contribution is 6.32. The van der Waals surface area contributed by atoms with Gasteiger partial charge >= 0.3 is 0 Å². The number of nitrogens with one attached hydrogen (secondary N) is 1. The van der Waals surface area contributed by atoms with Crippen LogP contribution >= 0.6 is 11.6 Å². The Balaban J connectivity index is 1.58. The lowest BCUT2D eigenvalue weighted by molar-refractivity contribution is -0.118. The Morgan fingerprint density at radius 2 is 2.00 bits per heavy atom. The molecule has 2 aromatic carbocycles. The largest absolute Gasteiger partial charge is 0.482 e. The Morgan fingerprint density at radius 3 is 2.82 bits per heavy atom. The molecule has 0 radical (unpaired) electrons. The van der Waals surface area contributed by atoms with Gasteiger partial charge in [0, 0.05) is 5.69 Å². The van der Waals surface area contributed by atoms with Gasteiger partial charge < -0.3 is 10.1 Å². The fraction of sp³-hybridized carbons (Fsp3) is 0.235. The van der Waals surface area contributed by atoms with Crippen LogP contribution in [0, 0.1) is 5.82 Å². The van der Waals surface area contributed by atoms with Gasteiger partial charge in [0.15, 0.2) is 6.61 Å². The van der Waals surface area contributed by atoms with Crippen molar-refractivity contribution in [3.05, 3.63) is 58.4 Å². The molecule has 1 amide bonds. The van der Waals surface area contributed by atoms with Crippen molar-refractivity contribution in [1.29, 1.82) is 0 Å². The summed E-state index contributed by atoms with van der Waals surface area (Å²) in [7, 11) is 0. The number of hydrogen-bond donors (Lipinski definition) is 1. The Bertz CT molecular complexity index is 718. The molecule has 1 N–H and O–H groups in total. The molecule has 0 aromatic heterocycles. The second kappa shape index (κ2) is 6.36. The molecule has 22 heavy (non-hydrogen) atoms. The summed E-state index contributed by atoms with van der Waals surface area (Å²) < 4.78 is 18.2. The minimum Gasteiger partial charge on any atom is -0.482 e. The van der Waals surface area contributed by atoms with E-state index in [1.165, 1.54) is 29.7 Å². The molecule has 0 aliphatic heterocycles. The zero-order valence-electron chi connectivity index (χ0n) is 11.9. The first kappa shape index (κ1) is 14.9. The van der Waals surface area contributed by atoms with E-state index in [1.807, 2.05) is 12.1 Å². The minimum atomic E-state index is -0.444. The molecule has 1 aliphatic rings. The van der Waals surface area contributed by atoms with Crippen LogP contribution in [0.2, 0.25) is 5.02 Å². The number of aryl methyl sites for hydroxylation is 2. The third kappa shape index (κ3) is 3.39. The predicted molar refractivity (Wildman–Crippen MR) is 84.0 cm³/mol. The molecular weight excluding hydrogens is 305 g/mol. The first-order valence-corrected chi connectivity index (χ1v) is 7.49. The Labute approximate surface area is 133 Å². The van der Waals surface area contributed by atoms with E-state index in [0.29, 0.717) is 0 Å². The van der Waals surface area contributed by atoms with Gasteiger partial charge in [-0.25, -0.2) is 4.39 Å². The van der Waals surface area contributed by atoms with E-state index in [0.717, 1.165) is 24.6 Å². The van der Waals surface area contributed by atoms with Crippen molar-refractivity contribution in [2.45, 2.75) is 19.3 Å². The van der Waals surface area contributed by atoms with Gasteiger partial charge in [-0.1, -0.05) is 17.7 Å². The van der Waals surface area contributed by atoms with Crippen molar-refractivity contribution >= 4 is 23.2 Å². The van der Waals surface area contributed by atoms with Gasteiger partial charge in [0.2, 0.25) is 0 Å². The number of halogens is 2. The number of carbonyl (C=O) groups excluding carboxylic acids is 1.